The maximum Gasteiger partial charge on any atom is 0.241 e. The fourth-order valence-corrected chi connectivity index (χ4v) is 2.73. The lowest BCUT2D eigenvalue weighted by atomic mass is 10.2. The third-order valence-electron chi connectivity index (χ3n) is 3.98. The molecule has 0 atom stereocenters. The highest BCUT2D eigenvalue weighted by Gasteiger charge is 2.18. The number of benzene rings is 1. The van der Waals surface area contributed by atoms with Crippen LogP contribution >= 0.6 is 0 Å². The van der Waals surface area contributed by atoms with E-state index in [-0.39, 0.29) is 30.7 Å². The van der Waals surface area contributed by atoms with Crippen LogP contribution in [0.25, 0.3) is 0 Å². The number of likely N-dealkylation sites (tertiary alicyclic amines) is 1. The molecule has 1 aliphatic rings. The molecular formula is C17H24FN3O3. The number of amides is 2. The topological polar surface area (TPSA) is 61.9 Å². The molecule has 2 amide bonds. The van der Waals surface area contributed by atoms with Crippen molar-refractivity contribution in [1.82, 2.24) is 15.1 Å². The van der Waals surface area contributed by atoms with Crippen molar-refractivity contribution in [2.45, 2.75) is 19.4 Å². The van der Waals surface area contributed by atoms with E-state index in [0.717, 1.165) is 31.5 Å². The fourth-order valence-electron chi connectivity index (χ4n) is 2.73. The van der Waals surface area contributed by atoms with Gasteiger partial charge in [0.25, 0.3) is 0 Å². The van der Waals surface area contributed by atoms with Gasteiger partial charge < -0.3 is 15.0 Å². The fraction of sp³-hybridized carbons (Fsp3) is 0.529. The van der Waals surface area contributed by atoms with Gasteiger partial charge in [-0.15, -0.1) is 0 Å². The highest BCUT2D eigenvalue weighted by Crippen LogP contribution is 2.18. The van der Waals surface area contributed by atoms with E-state index in [1.54, 1.807) is 29.0 Å². The Bertz CT molecular complexity index is 588. The lowest BCUT2D eigenvalue weighted by molar-refractivity contribution is -0.132. The van der Waals surface area contributed by atoms with Gasteiger partial charge >= 0.3 is 0 Å². The molecule has 1 aliphatic heterocycles. The number of nitrogens with zero attached hydrogens (tertiary/aromatic N) is 2. The minimum absolute atomic E-state index is 0.0316. The predicted molar refractivity (Wildman–Crippen MR) is 88.1 cm³/mol. The predicted octanol–water partition coefficient (Wildman–Crippen LogP) is 1.00. The highest BCUT2D eigenvalue weighted by molar-refractivity contribution is 5.85. The van der Waals surface area contributed by atoms with Crippen molar-refractivity contribution >= 4 is 11.8 Å². The van der Waals surface area contributed by atoms with Crippen LogP contribution in [0.3, 0.4) is 0 Å². The van der Waals surface area contributed by atoms with E-state index in [2.05, 4.69) is 5.32 Å². The van der Waals surface area contributed by atoms with Crippen molar-refractivity contribution in [2.75, 3.05) is 40.3 Å². The Morgan fingerprint density at radius 1 is 1.33 bits per heavy atom. The lowest BCUT2D eigenvalue weighted by Gasteiger charge is -2.18. The zero-order chi connectivity index (χ0) is 17.5. The normalized spacial score (nSPS) is 14.1. The van der Waals surface area contributed by atoms with E-state index >= 15 is 0 Å². The molecule has 1 N–H and O–H groups in total. The van der Waals surface area contributed by atoms with Crippen LogP contribution in [0, 0.1) is 5.82 Å². The van der Waals surface area contributed by atoms with Gasteiger partial charge in [0.1, 0.15) is 0 Å². The number of ether oxygens (including phenoxy) is 1. The Balaban J connectivity index is 1.74. The molecule has 1 aromatic carbocycles. The smallest absolute Gasteiger partial charge is 0.241 e. The number of methoxy groups -OCH3 is 1. The van der Waals surface area contributed by atoms with Gasteiger partial charge in [-0.1, -0.05) is 6.07 Å². The number of rotatable bonds is 7. The number of nitrogens with one attached hydrogen (secondary N) is 1. The van der Waals surface area contributed by atoms with Crippen LogP contribution in [-0.4, -0.2) is 62.0 Å². The molecule has 0 unspecified atom stereocenters. The molecule has 2 rings (SSSR count). The summed E-state index contributed by atoms with van der Waals surface area (Å²) < 4.78 is 18.5. The molecule has 0 aliphatic carbocycles. The molecule has 1 fully saturated rings. The molecule has 0 saturated carbocycles. The molecule has 24 heavy (non-hydrogen) atoms. The standard InChI is InChI=1S/C17H24FN3O3/c1-20(11-13-5-6-15(24-2)14(18)9-13)12-16(22)19-10-17(23)21-7-3-4-8-21/h5-6,9H,3-4,7-8,10-12H2,1-2H3,(H,19,22). The molecule has 1 saturated heterocycles. The van der Waals surface area contributed by atoms with Crippen molar-refractivity contribution in [3.05, 3.63) is 29.6 Å². The second-order valence-electron chi connectivity index (χ2n) is 6.01. The first kappa shape index (κ1) is 18.2. The first-order valence-corrected chi connectivity index (χ1v) is 8.05. The van der Waals surface area contributed by atoms with Crippen LogP contribution in [-0.2, 0) is 16.1 Å². The SMILES string of the molecule is COc1ccc(CN(C)CC(=O)NCC(=O)N2CCCC2)cc1F. The molecule has 1 heterocycles. The number of likely N-dealkylation sites (N-methyl/N-ethyl adjacent to an activating group) is 1. The van der Waals surface area contributed by atoms with Gasteiger partial charge in [-0.3, -0.25) is 14.5 Å². The highest BCUT2D eigenvalue weighted by atomic mass is 19.1. The average Bonchev–Trinajstić information content (AvgIpc) is 3.07. The third-order valence-corrected chi connectivity index (χ3v) is 3.98. The summed E-state index contributed by atoms with van der Waals surface area (Å²) >= 11 is 0. The second kappa shape index (κ2) is 8.63. The summed E-state index contributed by atoms with van der Waals surface area (Å²) in [7, 11) is 3.18. The van der Waals surface area contributed by atoms with Gasteiger partial charge in [0.05, 0.1) is 20.2 Å². The van der Waals surface area contributed by atoms with Gasteiger partial charge in [-0.05, 0) is 37.6 Å². The zero-order valence-electron chi connectivity index (χ0n) is 14.2. The van der Waals surface area contributed by atoms with Gasteiger partial charge in [-0.25, -0.2) is 4.39 Å². The zero-order valence-corrected chi connectivity index (χ0v) is 14.2. The van der Waals surface area contributed by atoms with E-state index in [1.807, 2.05) is 0 Å². The van der Waals surface area contributed by atoms with Crippen molar-refractivity contribution in [3.8, 4) is 5.75 Å². The van der Waals surface area contributed by atoms with Crippen LogP contribution in [0.5, 0.6) is 5.75 Å². The monoisotopic (exact) mass is 337 g/mol. The molecule has 0 spiro atoms. The maximum atomic E-state index is 13.7. The number of hydrogen-bond donors (Lipinski definition) is 1. The van der Waals surface area contributed by atoms with Crippen molar-refractivity contribution < 1.29 is 18.7 Å². The van der Waals surface area contributed by atoms with E-state index in [0.29, 0.717) is 6.54 Å². The summed E-state index contributed by atoms with van der Waals surface area (Å²) in [5, 5.41) is 2.64. The number of carbonyl (C=O) groups excluding carboxylic acids is 2. The van der Waals surface area contributed by atoms with Gasteiger partial charge in [-0.2, -0.15) is 0 Å². The maximum absolute atomic E-state index is 13.7. The Hall–Kier alpha value is -2.15. The summed E-state index contributed by atoms with van der Waals surface area (Å²) in [6, 6.07) is 4.71. The summed E-state index contributed by atoms with van der Waals surface area (Å²) in [5.41, 5.74) is 0.747. The van der Waals surface area contributed by atoms with E-state index in [4.69, 9.17) is 4.74 Å². The van der Waals surface area contributed by atoms with E-state index in [9.17, 15) is 14.0 Å². The molecule has 6 nitrogen and oxygen atoms in total. The minimum Gasteiger partial charge on any atom is -0.494 e. The Morgan fingerprint density at radius 3 is 2.67 bits per heavy atom. The largest absolute Gasteiger partial charge is 0.494 e. The van der Waals surface area contributed by atoms with Crippen molar-refractivity contribution in [2.24, 2.45) is 0 Å². The molecule has 132 valence electrons. The van der Waals surface area contributed by atoms with Crippen LogP contribution in [0.2, 0.25) is 0 Å². The third kappa shape index (κ3) is 5.19. The first-order valence-electron chi connectivity index (χ1n) is 8.05. The number of halogens is 1. The summed E-state index contributed by atoms with van der Waals surface area (Å²) in [5.74, 6) is -0.497. The Kier molecular flexibility index (Phi) is 6.54. The van der Waals surface area contributed by atoms with Gasteiger partial charge in [0.15, 0.2) is 11.6 Å². The van der Waals surface area contributed by atoms with E-state index in [1.165, 1.54) is 13.2 Å². The molecule has 0 aromatic heterocycles. The summed E-state index contributed by atoms with van der Waals surface area (Å²) in [4.78, 5) is 27.3. The average molecular weight is 337 g/mol. The van der Waals surface area contributed by atoms with E-state index < -0.39 is 5.82 Å². The van der Waals surface area contributed by atoms with Crippen molar-refractivity contribution in [3.63, 3.8) is 0 Å². The van der Waals surface area contributed by atoms with Crippen LogP contribution in [0.15, 0.2) is 18.2 Å². The Labute approximate surface area is 141 Å². The molecule has 0 radical (unpaired) electrons. The molecule has 1 aromatic rings. The number of hydrogen-bond acceptors (Lipinski definition) is 4. The number of carbonyl (C=O) groups is 2. The van der Waals surface area contributed by atoms with Crippen LogP contribution < -0.4 is 10.1 Å². The minimum atomic E-state index is -0.427. The first-order chi connectivity index (χ1) is 11.5. The molecular weight excluding hydrogens is 313 g/mol. The summed E-state index contributed by atoms with van der Waals surface area (Å²) in [6.07, 6.45) is 2.06. The quantitative estimate of drug-likeness (QED) is 0.806. The molecule has 7 heteroatoms. The van der Waals surface area contributed by atoms with Gasteiger partial charge in [0.2, 0.25) is 11.8 Å². The summed E-state index contributed by atoms with van der Waals surface area (Å²) in [6.45, 7) is 2.15. The van der Waals surface area contributed by atoms with Crippen LogP contribution in [0.4, 0.5) is 4.39 Å². The Morgan fingerprint density at radius 2 is 2.04 bits per heavy atom. The lowest BCUT2D eigenvalue weighted by Crippen LogP contribution is -2.42. The van der Waals surface area contributed by atoms with Gasteiger partial charge in [0, 0.05) is 19.6 Å². The second-order valence-corrected chi connectivity index (χ2v) is 6.01. The van der Waals surface area contributed by atoms with Crippen LogP contribution in [0.1, 0.15) is 18.4 Å². The van der Waals surface area contributed by atoms with Crippen molar-refractivity contribution in [1.29, 1.82) is 0 Å². The molecule has 0 bridgehead atoms.